The van der Waals surface area contributed by atoms with Crippen LogP contribution in [0.15, 0.2) is 35.6 Å². The molecule has 4 aliphatic carbocycles. The molecule has 370 valence electrons. The van der Waals surface area contributed by atoms with Gasteiger partial charge in [0.15, 0.2) is 17.5 Å². The molecule has 1 aliphatic heterocycles. The highest BCUT2D eigenvalue weighted by atomic mass is 19.4. The van der Waals surface area contributed by atoms with Crippen LogP contribution in [-0.2, 0) is 40.1 Å². The number of ether oxygens (including phenoxy) is 3. The van der Waals surface area contributed by atoms with Gasteiger partial charge in [-0.15, -0.1) is 13.2 Å². The number of carbonyl (C=O) groups excluding carboxylic acids is 2. The zero-order chi connectivity index (χ0) is 48.4. The average molecular weight is 967 g/mol. The largest absolute Gasteiger partial charge is 0.522 e. The fraction of sp³-hybridized carbons (Fsp3) is 0.600. The van der Waals surface area contributed by atoms with Crippen LogP contribution in [0.1, 0.15) is 119 Å². The molecule has 10 rings (SSSR count). The lowest BCUT2D eigenvalue weighted by Gasteiger charge is -2.24. The number of hydrogen-bond acceptors (Lipinski definition) is 13. The van der Waals surface area contributed by atoms with Crippen LogP contribution in [0.25, 0.3) is 5.52 Å². The first-order chi connectivity index (χ1) is 32.9. The van der Waals surface area contributed by atoms with Gasteiger partial charge in [0, 0.05) is 71.0 Å². The number of aromatic nitrogens is 9. The SMILES string of the molecule is CC(C)NC(=O)O[C@H]1CC[C@@H](c2cc(Nc3nccn4nc5c(c34)CCCC5)nn2Cc2cc3n(c(=Nc4cc([C@@H]5CC[C@H](OC(=O)NC6(C)CC6)[C@@H]5F)[nH]n4)n2)CC(C)(COC(F)(F)F)N3)[C@@H]1F. The molecule has 6 heterocycles. The summed E-state index contributed by atoms with van der Waals surface area (Å²) in [5.41, 5.74) is 2.65. The number of nitrogens with one attached hydrogen (secondary N) is 5. The van der Waals surface area contributed by atoms with Crippen LogP contribution < -0.4 is 26.9 Å². The first-order valence-electron chi connectivity index (χ1n) is 23.5. The Hall–Kier alpha value is -6.33. The molecule has 69 heavy (non-hydrogen) atoms. The lowest BCUT2D eigenvalue weighted by Crippen LogP contribution is -2.41. The van der Waals surface area contributed by atoms with Gasteiger partial charge in [0.1, 0.15) is 35.9 Å². The average Bonchev–Trinajstić information content (AvgIpc) is 3.94. The molecule has 5 aromatic heterocycles. The summed E-state index contributed by atoms with van der Waals surface area (Å²) in [5.74, 6) is -0.0808. The molecule has 0 saturated heterocycles. The number of alkyl carbamates (subject to hydrolysis) is 2. The summed E-state index contributed by atoms with van der Waals surface area (Å²) in [7, 11) is 0. The molecular weight excluding hydrogens is 912 g/mol. The Balaban J connectivity index is 0.978. The van der Waals surface area contributed by atoms with E-state index >= 15 is 8.78 Å². The second-order valence-electron chi connectivity index (χ2n) is 19.8. The first kappa shape index (κ1) is 46.4. The highest BCUT2D eigenvalue weighted by molar-refractivity contribution is 5.76. The minimum absolute atomic E-state index is 0.0353. The third kappa shape index (κ3) is 9.93. The van der Waals surface area contributed by atoms with E-state index in [1.807, 2.05) is 6.92 Å². The first-order valence-corrected chi connectivity index (χ1v) is 23.5. The summed E-state index contributed by atoms with van der Waals surface area (Å²) in [6.45, 7) is 6.19. The van der Waals surface area contributed by atoms with Crippen molar-refractivity contribution in [2.24, 2.45) is 4.99 Å². The van der Waals surface area contributed by atoms with E-state index in [2.05, 4.69) is 41.2 Å². The molecule has 24 heteroatoms. The van der Waals surface area contributed by atoms with Crippen LogP contribution in [0.5, 0.6) is 0 Å². The van der Waals surface area contributed by atoms with Crippen molar-refractivity contribution < 1.29 is 45.8 Å². The summed E-state index contributed by atoms with van der Waals surface area (Å²) in [5, 5.41) is 28.9. The second kappa shape index (κ2) is 17.9. The van der Waals surface area contributed by atoms with E-state index in [1.165, 1.54) is 0 Å². The van der Waals surface area contributed by atoms with E-state index < -0.39 is 67.1 Å². The van der Waals surface area contributed by atoms with Gasteiger partial charge in [-0.2, -0.15) is 20.3 Å². The van der Waals surface area contributed by atoms with Crippen molar-refractivity contribution in [3.63, 3.8) is 0 Å². The van der Waals surface area contributed by atoms with Gasteiger partial charge in [0.25, 0.3) is 0 Å². The molecule has 2 amide bonds. The van der Waals surface area contributed by atoms with Gasteiger partial charge in [-0.1, -0.05) is 0 Å². The van der Waals surface area contributed by atoms with Crippen LogP contribution in [0.2, 0.25) is 0 Å². The number of anilines is 3. The van der Waals surface area contributed by atoms with Crippen LogP contribution in [0, 0.1) is 0 Å². The molecule has 0 radical (unpaired) electrons. The quantitative estimate of drug-likeness (QED) is 0.0751. The number of fused-ring (bicyclic) bond motifs is 4. The molecular formula is C45H55F5N14O5. The fourth-order valence-corrected chi connectivity index (χ4v) is 10.00. The summed E-state index contributed by atoms with van der Waals surface area (Å²) in [6, 6.07) is 4.75. The minimum Gasteiger partial charge on any atom is -0.443 e. The Morgan fingerprint density at radius 1 is 0.971 bits per heavy atom. The second-order valence-corrected chi connectivity index (χ2v) is 19.8. The van der Waals surface area contributed by atoms with Gasteiger partial charge in [-0.05, 0) is 91.9 Å². The summed E-state index contributed by atoms with van der Waals surface area (Å²) in [6.07, 6.45) is -1.27. The van der Waals surface area contributed by atoms with E-state index in [0.717, 1.165) is 55.3 Å². The van der Waals surface area contributed by atoms with Crippen molar-refractivity contribution >= 4 is 41.0 Å². The van der Waals surface area contributed by atoms with Gasteiger partial charge < -0.3 is 30.7 Å². The highest BCUT2D eigenvalue weighted by Crippen LogP contribution is 2.42. The number of H-pyrrole nitrogens is 1. The van der Waals surface area contributed by atoms with Crippen molar-refractivity contribution in [1.82, 2.24) is 54.8 Å². The van der Waals surface area contributed by atoms with E-state index in [-0.39, 0.29) is 42.5 Å². The number of rotatable bonds is 13. The number of nitrogens with zero attached hydrogens (tertiary/aromatic N) is 9. The lowest BCUT2D eigenvalue weighted by molar-refractivity contribution is -0.328. The summed E-state index contributed by atoms with van der Waals surface area (Å²) in [4.78, 5) is 39.3. The Bertz CT molecular complexity index is 2820. The molecule has 3 saturated carbocycles. The van der Waals surface area contributed by atoms with Crippen molar-refractivity contribution in [3.8, 4) is 0 Å². The zero-order valence-electron chi connectivity index (χ0n) is 38.6. The van der Waals surface area contributed by atoms with E-state index in [4.69, 9.17) is 29.6 Å². The normalized spacial score (nSPS) is 26.2. The van der Waals surface area contributed by atoms with Crippen LogP contribution >= 0.6 is 0 Å². The van der Waals surface area contributed by atoms with E-state index in [1.54, 1.807) is 65.1 Å². The maximum absolute atomic E-state index is 16.6. The van der Waals surface area contributed by atoms with Crippen molar-refractivity contribution in [3.05, 3.63) is 64.6 Å². The molecule has 7 atom stereocenters. The molecule has 5 aliphatic rings. The molecule has 0 spiro atoms. The Kier molecular flexibility index (Phi) is 12.0. The molecule has 19 nitrogen and oxygen atoms in total. The number of halogens is 5. The topological polar surface area (TPSA) is 217 Å². The van der Waals surface area contributed by atoms with Gasteiger partial charge in [0.05, 0.1) is 36.6 Å². The number of aromatic amines is 1. The predicted octanol–water partition coefficient (Wildman–Crippen LogP) is 7.05. The number of alkyl halides is 5. The monoisotopic (exact) mass is 966 g/mol. The number of hydrogen-bond donors (Lipinski definition) is 5. The van der Waals surface area contributed by atoms with Crippen LogP contribution in [0.3, 0.4) is 0 Å². The van der Waals surface area contributed by atoms with Gasteiger partial charge >= 0.3 is 18.5 Å². The molecule has 5 aromatic rings. The van der Waals surface area contributed by atoms with E-state index in [0.29, 0.717) is 53.8 Å². The van der Waals surface area contributed by atoms with Crippen molar-refractivity contribution in [2.45, 2.75) is 165 Å². The summed E-state index contributed by atoms with van der Waals surface area (Å²) >= 11 is 0. The van der Waals surface area contributed by atoms with Crippen LogP contribution in [-0.4, -0.2) is 111 Å². The van der Waals surface area contributed by atoms with Crippen molar-refractivity contribution in [2.75, 3.05) is 17.2 Å². The number of carbonyl (C=O) groups is 2. The summed E-state index contributed by atoms with van der Waals surface area (Å²) < 4.78 is 92.8. The lowest BCUT2D eigenvalue weighted by atomic mass is 9.97. The zero-order valence-corrected chi connectivity index (χ0v) is 38.6. The Morgan fingerprint density at radius 3 is 2.46 bits per heavy atom. The van der Waals surface area contributed by atoms with Gasteiger partial charge in [0.2, 0.25) is 5.62 Å². The Labute approximate surface area is 392 Å². The standard InChI is InChI=1S/C45H55F5N14O5/c1-23(2)52-41(65)68-32-12-10-27(37(32)47)30-19-34(54-39-38-26-7-5-6-8-28(26)60-63(38)16-15-51-39)61-64(30)20-24-17-35-56-44(4,22-67-45(48,49)50)21-62(35)40(53-24)55-33-18-29(58-59-33)25-9-11-31(36(25)46)69-42(66)57-43(3)13-14-43/h15-19,23,25,27,31-32,36-37,56H,5-14,20-22H2,1-4H3,(H,52,65)(H,57,66)(H,58,59)(H,51,54,61)/t25-,27-,31-,32-,36+,37-,44?/m0/s1. The third-order valence-corrected chi connectivity index (χ3v) is 13.7. The highest BCUT2D eigenvalue weighted by Gasteiger charge is 2.45. The fourth-order valence-electron chi connectivity index (χ4n) is 10.00. The third-order valence-electron chi connectivity index (χ3n) is 13.7. The maximum Gasteiger partial charge on any atom is 0.522 e. The number of amides is 2. The van der Waals surface area contributed by atoms with E-state index in [9.17, 15) is 22.8 Å². The van der Waals surface area contributed by atoms with Gasteiger partial charge in [-0.3, -0.25) is 19.1 Å². The smallest absolute Gasteiger partial charge is 0.443 e. The molecule has 5 N–H and O–H groups in total. The minimum atomic E-state index is -4.89. The van der Waals surface area contributed by atoms with Crippen LogP contribution in [0.4, 0.5) is 54.8 Å². The molecule has 0 bridgehead atoms. The molecule has 0 aromatic carbocycles. The molecule has 1 unspecified atom stereocenters. The maximum atomic E-state index is 16.6. The Morgan fingerprint density at radius 2 is 1.71 bits per heavy atom. The molecule has 3 fully saturated rings. The van der Waals surface area contributed by atoms with Crippen molar-refractivity contribution in [1.29, 1.82) is 0 Å². The number of aryl methyl sites for hydroxylation is 2. The van der Waals surface area contributed by atoms with Gasteiger partial charge in [-0.25, -0.2) is 32.9 Å². The predicted molar refractivity (Wildman–Crippen MR) is 238 cm³/mol.